The molecule has 2 aliphatic rings. The fraction of sp³-hybridized carbons (Fsp3) is 0.857. The minimum atomic E-state index is 0. The number of guanidine groups is 1. The number of aliphatic imine (C=N–C) groups is 1. The van der Waals surface area contributed by atoms with Crippen molar-refractivity contribution in [2.45, 2.75) is 12.8 Å². The Labute approximate surface area is 77.6 Å². The number of nitrogens with one attached hydrogen (secondary N) is 2. The van der Waals surface area contributed by atoms with E-state index in [1.54, 1.807) is 4.90 Å². The lowest BCUT2D eigenvalue weighted by Crippen LogP contribution is -3.18. The number of quaternary nitrogens is 1. The van der Waals surface area contributed by atoms with Gasteiger partial charge in [0.15, 0.2) is 0 Å². The summed E-state index contributed by atoms with van der Waals surface area (Å²) in [5, 5.41) is 3.33. The first-order chi connectivity index (χ1) is 4.97. The molecule has 0 aromatic rings. The molecule has 3 nitrogen and oxygen atoms in total. The quantitative estimate of drug-likeness (QED) is 0.424. The lowest BCUT2D eigenvalue weighted by Gasteiger charge is -2.27. The zero-order chi connectivity index (χ0) is 6.81. The molecule has 0 saturated carbocycles. The van der Waals surface area contributed by atoms with Gasteiger partial charge in [0, 0.05) is 19.4 Å². The molecule has 2 heterocycles. The van der Waals surface area contributed by atoms with Crippen molar-refractivity contribution in [2.24, 2.45) is 4.99 Å². The number of hydrogen-bond donors (Lipinski definition) is 2. The van der Waals surface area contributed by atoms with E-state index >= 15 is 0 Å². The SMILES string of the molecule is C1CN=C2NCCC[NH+]2C1.[Br-]. The summed E-state index contributed by atoms with van der Waals surface area (Å²) in [5.41, 5.74) is 0. The van der Waals surface area contributed by atoms with Crippen LogP contribution in [0.5, 0.6) is 0 Å². The monoisotopic (exact) mass is 219 g/mol. The zero-order valence-electron chi connectivity index (χ0n) is 6.57. The summed E-state index contributed by atoms with van der Waals surface area (Å²) in [4.78, 5) is 5.99. The third kappa shape index (κ3) is 1.93. The first-order valence-corrected chi connectivity index (χ1v) is 4.10. The summed E-state index contributed by atoms with van der Waals surface area (Å²) >= 11 is 0. The Kier molecular flexibility index (Phi) is 3.33. The molecule has 0 aliphatic carbocycles. The van der Waals surface area contributed by atoms with E-state index in [0.29, 0.717) is 0 Å². The van der Waals surface area contributed by atoms with Gasteiger partial charge in [-0.1, -0.05) is 0 Å². The second-order valence-corrected chi connectivity index (χ2v) is 2.97. The van der Waals surface area contributed by atoms with Gasteiger partial charge >= 0.3 is 0 Å². The van der Waals surface area contributed by atoms with Gasteiger partial charge in [-0.05, 0) is 0 Å². The molecule has 0 spiro atoms. The van der Waals surface area contributed by atoms with Crippen LogP contribution in [0.15, 0.2) is 4.99 Å². The standard InChI is InChI=1S/C7H13N3.BrH/c1-3-8-7-9-4-2-6-10(7)5-1;/h1-6H2,(H,8,9);1H. The highest BCUT2D eigenvalue weighted by Crippen LogP contribution is 1.87. The maximum Gasteiger partial charge on any atom is 0.295 e. The van der Waals surface area contributed by atoms with Crippen LogP contribution in [0.2, 0.25) is 0 Å². The molecule has 11 heavy (non-hydrogen) atoms. The molecule has 2 aliphatic heterocycles. The van der Waals surface area contributed by atoms with Crippen molar-refractivity contribution in [3.05, 3.63) is 0 Å². The molecular formula is C7H14BrN3. The molecule has 0 bridgehead atoms. The molecule has 4 heteroatoms. The molecule has 1 saturated heterocycles. The van der Waals surface area contributed by atoms with Crippen LogP contribution in [0, 0.1) is 0 Å². The molecule has 0 aromatic heterocycles. The minimum Gasteiger partial charge on any atom is -1.00 e. The van der Waals surface area contributed by atoms with E-state index in [1.165, 1.54) is 31.9 Å². The highest BCUT2D eigenvalue weighted by molar-refractivity contribution is 5.71. The van der Waals surface area contributed by atoms with E-state index in [0.717, 1.165) is 13.1 Å². The normalized spacial score (nSPS) is 29.1. The Morgan fingerprint density at radius 1 is 1.27 bits per heavy atom. The van der Waals surface area contributed by atoms with E-state index < -0.39 is 0 Å². The highest BCUT2D eigenvalue weighted by atomic mass is 79.9. The van der Waals surface area contributed by atoms with Gasteiger partial charge in [-0.15, -0.1) is 0 Å². The lowest BCUT2D eigenvalue weighted by molar-refractivity contribution is -0.814. The van der Waals surface area contributed by atoms with Gasteiger partial charge < -0.3 is 22.3 Å². The van der Waals surface area contributed by atoms with Crippen molar-refractivity contribution < 1.29 is 21.9 Å². The minimum absolute atomic E-state index is 0. The zero-order valence-corrected chi connectivity index (χ0v) is 8.15. The maximum atomic E-state index is 4.42. The third-order valence-electron chi connectivity index (χ3n) is 2.19. The molecule has 64 valence electrons. The van der Waals surface area contributed by atoms with Gasteiger partial charge in [-0.3, -0.25) is 4.90 Å². The summed E-state index contributed by atoms with van der Waals surface area (Å²) in [7, 11) is 0. The third-order valence-corrected chi connectivity index (χ3v) is 2.19. The van der Waals surface area contributed by atoms with E-state index in [-0.39, 0.29) is 17.0 Å². The van der Waals surface area contributed by atoms with Crippen LogP contribution in [0.25, 0.3) is 0 Å². The summed E-state index contributed by atoms with van der Waals surface area (Å²) < 4.78 is 0. The Balaban J connectivity index is 0.000000605. The van der Waals surface area contributed by atoms with Crippen molar-refractivity contribution in [3.63, 3.8) is 0 Å². The van der Waals surface area contributed by atoms with Crippen molar-refractivity contribution >= 4 is 5.96 Å². The van der Waals surface area contributed by atoms with Crippen molar-refractivity contribution in [3.8, 4) is 0 Å². The number of rotatable bonds is 0. The topological polar surface area (TPSA) is 28.8 Å². The van der Waals surface area contributed by atoms with E-state index in [9.17, 15) is 0 Å². The summed E-state index contributed by atoms with van der Waals surface area (Å²) in [6, 6.07) is 0. The fourth-order valence-corrected chi connectivity index (χ4v) is 1.65. The van der Waals surface area contributed by atoms with Crippen LogP contribution in [0.3, 0.4) is 0 Å². The number of halogens is 1. The molecule has 0 amide bonds. The smallest absolute Gasteiger partial charge is 0.295 e. The maximum absolute atomic E-state index is 4.42. The summed E-state index contributed by atoms with van der Waals surface area (Å²) in [6.45, 7) is 4.73. The highest BCUT2D eigenvalue weighted by Gasteiger charge is 2.23. The van der Waals surface area contributed by atoms with Crippen molar-refractivity contribution in [2.75, 3.05) is 26.2 Å². The Bertz CT molecular complexity index is 158. The van der Waals surface area contributed by atoms with Gasteiger partial charge in [0.2, 0.25) is 0 Å². The predicted octanol–water partition coefficient (Wildman–Crippen LogP) is -4.37. The molecule has 2 rings (SSSR count). The molecular weight excluding hydrogens is 206 g/mol. The van der Waals surface area contributed by atoms with Crippen LogP contribution in [-0.2, 0) is 0 Å². The van der Waals surface area contributed by atoms with Crippen molar-refractivity contribution in [1.29, 1.82) is 0 Å². The van der Waals surface area contributed by atoms with Crippen LogP contribution in [-0.4, -0.2) is 32.1 Å². The molecule has 0 aromatic carbocycles. The second kappa shape index (κ2) is 4.07. The van der Waals surface area contributed by atoms with Gasteiger partial charge in [0.05, 0.1) is 19.6 Å². The van der Waals surface area contributed by atoms with Gasteiger partial charge in [0.1, 0.15) is 0 Å². The second-order valence-electron chi connectivity index (χ2n) is 2.97. The molecule has 0 radical (unpaired) electrons. The van der Waals surface area contributed by atoms with Gasteiger partial charge in [-0.25, -0.2) is 4.99 Å². The average molecular weight is 220 g/mol. The van der Waals surface area contributed by atoms with E-state index in [1.807, 2.05) is 0 Å². The number of hydrogen-bond acceptors (Lipinski definition) is 2. The molecule has 1 fully saturated rings. The van der Waals surface area contributed by atoms with Crippen molar-refractivity contribution in [1.82, 2.24) is 5.32 Å². The predicted molar refractivity (Wildman–Crippen MR) is 40.2 cm³/mol. The average Bonchev–Trinajstić information content (AvgIpc) is 2.05. The first kappa shape index (κ1) is 9.00. The number of nitrogens with zero attached hydrogens (tertiary/aromatic N) is 1. The van der Waals surface area contributed by atoms with Crippen LogP contribution in [0.4, 0.5) is 0 Å². The molecule has 1 atom stereocenters. The Hall–Kier alpha value is -0.0900. The van der Waals surface area contributed by atoms with E-state index in [4.69, 9.17) is 0 Å². The molecule has 2 N–H and O–H groups in total. The van der Waals surface area contributed by atoms with Crippen LogP contribution >= 0.6 is 0 Å². The fourth-order valence-electron chi connectivity index (χ4n) is 1.65. The summed E-state index contributed by atoms with van der Waals surface area (Å²) in [5.74, 6) is 1.22. The van der Waals surface area contributed by atoms with Gasteiger partial charge in [0.25, 0.3) is 5.96 Å². The van der Waals surface area contributed by atoms with E-state index in [2.05, 4.69) is 10.3 Å². The largest absolute Gasteiger partial charge is 1.00 e. The Morgan fingerprint density at radius 2 is 2.09 bits per heavy atom. The van der Waals surface area contributed by atoms with Gasteiger partial charge in [-0.2, -0.15) is 0 Å². The lowest BCUT2D eigenvalue weighted by atomic mass is 10.2. The number of fused-ring (bicyclic) bond motifs is 1. The first-order valence-electron chi connectivity index (χ1n) is 4.10. The summed E-state index contributed by atoms with van der Waals surface area (Å²) in [6.07, 6.45) is 2.56. The Morgan fingerprint density at radius 3 is 2.91 bits per heavy atom. The van der Waals surface area contributed by atoms with Crippen LogP contribution < -0.4 is 27.2 Å². The molecule has 1 unspecified atom stereocenters. The van der Waals surface area contributed by atoms with Crippen LogP contribution in [0.1, 0.15) is 12.8 Å².